The molecular formula is C61H60P2. The molecule has 0 bridgehead atoms. The second kappa shape index (κ2) is 16.6. The molecule has 0 saturated heterocycles. The Morgan fingerprint density at radius 1 is 0.476 bits per heavy atom. The molecule has 0 aromatic heterocycles. The van der Waals surface area contributed by atoms with Crippen LogP contribution in [0.3, 0.4) is 0 Å². The Morgan fingerprint density at radius 3 is 1.38 bits per heavy atom. The molecule has 1 fully saturated rings. The van der Waals surface area contributed by atoms with Crippen LogP contribution in [0, 0.1) is 10.8 Å². The molecule has 0 unspecified atom stereocenters. The summed E-state index contributed by atoms with van der Waals surface area (Å²) < 4.78 is 0. The molecule has 1 saturated carbocycles. The summed E-state index contributed by atoms with van der Waals surface area (Å²) in [6.45, 7) is 10.0. The number of hydrogen-bond acceptors (Lipinski definition) is 0. The summed E-state index contributed by atoms with van der Waals surface area (Å²) in [6, 6.07) is 66.4. The zero-order valence-corrected chi connectivity index (χ0v) is 39.4. The molecule has 8 aromatic rings. The number of benzene rings is 8. The van der Waals surface area contributed by atoms with E-state index in [2.05, 4.69) is 198 Å². The summed E-state index contributed by atoms with van der Waals surface area (Å²) >= 11 is 0. The Hall–Kier alpha value is -4.86. The summed E-state index contributed by atoms with van der Waals surface area (Å²) in [6.07, 6.45) is 11.4. The van der Waals surface area contributed by atoms with Crippen molar-refractivity contribution in [1.29, 1.82) is 0 Å². The Kier molecular flexibility index (Phi) is 10.8. The first kappa shape index (κ1) is 40.9. The first-order valence-electron chi connectivity index (χ1n) is 23.8. The SMILES string of the molecule is CCC[C@@]1(C)CCc2c(ccc3c(-c4c(P(c5ccccc5)c5ccccc5)ccc5c6c(ccc45)[C@@H]4CCC[C@@]4(C)CC6)c(P(c4ccccc4)c4ccccc4)ccc23)[C@@H]1C. The average Bonchev–Trinajstić information content (AvgIpc) is 3.73. The minimum absolute atomic E-state index is 0.325. The van der Waals surface area contributed by atoms with Gasteiger partial charge in [-0.15, -0.1) is 0 Å². The third kappa shape index (κ3) is 6.95. The van der Waals surface area contributed by atoms with E-state index in [1.165, 1.54) is 109 Å². The first-order valence-corrected chi connectivity index (χ1v) is 26.5. The van der Waals surface area contributed by atoms with Crippen LogP contribution < -0.4 is 31.8 Å². The van der Waals surface area contributed by atoms with Gasteiger partial charge in [0.25, 0.3) is 0 Å². The predicted octanol–water partition coefficient (Wildman–Crippen LogP) is 14.3. The predicted molar refractivity (Wildman–Crippen MR) is 277 cm³/mol. The van der Waals surface area contributed by atoms with Gasteiger partial charge in [-0.3, -0.25) is 0 Å². The van der Waals surface area contributed by atoms with Crippen molar-refractivity contribution in [3.63, 3.8) is 0 Å². The molecule has 0 nitrogen and oxygen atoms in total. The van der Waals surface area contributed by atoms with E-state index in [1.807, 2.05) is 0 Å². The number of fused-ring (bicyclic) bond motifs is 8. The molecule has 0 aliphatic heterocycles. The van der Waals surface area contributed by atoms with Crippen molar-refractivity contribution >= 4 is 69.2 Å². The van der Waals surface area contributed by atoms with Gasteiger partial charge in [-0.2, -0.15) is 0 Å². The zero-order valence-electron chi connectivity index (χ0n) is 37.6. The van der Waals surface area contributed by atoms with Crippen LogP contribution in [0.15, 0.2) is 170 Å². The average molecular weight is 855 g/mol. The highest BCUT2D eigenvalue weighted by atomic mass is 31.1. The topological polar surface area (TPSA) is 0 Å². The van der Waals surface area contributed by atoms with Gasteiger partial charge >= 0.3 is 0 Å². The molecule has 314 valence electrons. The van der Waals surface area contributed by atoms with Crippen molar-refractivity contribution in [3.05, 3.63) is 192 Å². The smallest absolute Gasteiger partial charge is 0.000873 e. The lowest BCUT2D eigenvalue weighted by Gasteiger charge is -2.42. The van der Waals surface area contributed by atoms with E-state index in [1.54, 1.807) is 22.3 Å². The van der Waals surface area contributed by atoms with Crippen molar-refractivity contribution in [2.75, 3.05) is 0 Å². The van der Waals surface area contributed by atoms with Gasteiger partial charge in [0.2, 0.25) is 0 Å². The molecule has 11 rings (SSSR count). The minimum Gasteiger partial charge on any atom is -0.0654 e. The van der Waals surface area contributed by atoms with Crippen LogP contribution in [0.5, 0.6) is 0 Å². The summed E-state index contributed by atoms with van der Waals surface area (Å²) in [5.41, 5.74) is 10.0. The van der Waals surface area contributed by atoms with Crippen molar-refractivity contribution in [3.8, 4) is 11.1 Å². The highest BCUT2D eigenvalue weighted by Crippen LogP contribution is 2.57. The molecule has 3 aliphatic carbocycles. The van der Waals surface area contributed by atoms with Crippen LogP contribution in [0.4, 0.5) is 0 Å². The van der Waals surface area contributed by atoms with Gasteiger partial charge in [0, 0.05) is 0 Å². The zero-order chi connectivity index (χ0) is 42.7. The summed E-state index contributed by atoms with van der Waals surface area (Å²) in [5, 5.41) is 14.3. The van der Waals surface area contributed by atoms with Crippen molar-refractivity contribution < 1.29 is 0 Å². The van der Waals surface area contributed by atoms with Crippen LogP contribution >= 0.6 is 15.8 Å². The molecule has 2 heteroatoms. The van der Waals surface area contributed by atoms with Gasteiger partial charge in [0.05, 0.1) is 0 Å². The van der Waals surface area contributed by atoms with E-state index in [-0.39, 0.29) is 0 Å². The van der Waals surface area contributed by atoms with Crippen LogP contribution in [0.2, 0.25) is 0 Å². The van der Waals surface area contributed by atoms with Gasteiger partial charge < -0.3 is 0 Å². The van der Waals surface area contributed by atoms with Crippen LogP contribution in [-0.2, 0) is 12.8 Å². The number of aryl methyl sites for hydroxylation is 2. The van der Waals surface area contributed by atoms with Crippen LogP contribution in [0.25, 0.3) is 32.7 Å². The molecule has 0 radical (unpaired) electrons. The minimum atomic E-state index is -0.916. The monoisotopic (exact) mass is 854 g/mol. The van der Waals surface area contributed by atoms with E-state index in [9.17, 15) is 0 Å². The Balaban J connectivity index is 1.29. The summed E-state index contributed by atoms with van der Waals surface area (Å²) in [4.78, 5) is 0. The highest BCUT2D eigenvalue weighted by molar-refractivity contribution is 7.80. The van der Waals surface area contributed by atoms with E-state index < -0.39 is 15.8 Å². The molecule has 63 heavy (non-hydrogen) atoms. The third-order valence-corrected chi connectivity index (χ3v) is 21.1. The fraction of sp³-hybridized carbons (Fsp3) is 0.279. The molecule has 3 aliphatic rings. The quantitative estimate of drug-likeness (QED) is 0.127. The lowest BCUT2D eigenvalue weighted by Crippen LogP contribution is -2.30. The van der Waals surface area contributed by atoms with Crippen LogP contribution in [0.1, 0.15) is 107 Å². The Bertz CT molecular complexity index is 2860. The van der Waals surface area contributed by atoms with Gasteiger partial charge in [-0.05, 0) is 170 Å². The fourth-order valence-corrected chi connectivity index (χ4v) is 17.6. The largest absolute Gasteiger partial charge is 0.0654 e. The Labute approximate surface area is 378 Å². The lowest BCUT2D eigenvalue weighted by atomic mass is 9.63. The highest BCUT2D eigenvalue weighted by Gasteiger charge is 2.44. The lowest BCUT2D eigenvalue weighted by molar-refractivity contribution is 0.206. The molecule has 0 N–H and O–H groups in total. The summed E-state index contributed by atoms with van der Waals surface area (Å²) in [7, 11) is -1.83. The van der Waals surface area contributed by atoms with Crippen molar-refractivity contribution in [2.45, 2.75) is 97.3 Å². The Morgan fingerprint density at radius 2 is 0.905 bits per heavy atom. The van der Waals surface area contributed by atoms with Crippen molar-refractivity contribution in [2.24, 2.45) is 10.8 Å². The van der Waals surface area contributed by atoms with E-state index >= 15 is 0 Å². The maximum atomic E-state index is 2.60. The maximum absolute atomic E-state index is 2.60. The van der Waals surface area contributed by atoms with E-state index in [4.69, 9.17) is 0 Å². The van der Waals surface area contributed by atoms with E-state index in [0.29, 0.717) is 22.7 Å². The molecule has 0 spiro atoms. The second-order valence-electron chi connectivity index (χ2n) is 19.6. The third-order valence-electron chi connectivity index (χ3n) is 16.1. The van der Waals surface area contributed by atoms with Crippen molar-refractivity contribution in [1.82, 2.24) is 0 Å². The maximum Gasteiger partial charge on any atom is -0.000873 e. The normalized spacial score (nSPS) is 21.7. The van der Waals surface area contributed by atoms with E-state index in [0.717, 1.165) is 12.8 Å². The molecule has 4 atom stereocenters. The van der Waals surface area contributed by atoms with Gasteiger partial charge in [-0.25, -0.2) is 0 Å². The van der Waals surface area contributed by atoms with Gasteiger partial charge in [-0.1, -0.05) is 210 Å². The molecule has 8 aromatic carbocycles. The number of hydrogen-bond donors (Lipinski definition) is 0. The molecule has 0 heterocycles. The second-order valence-corrected chi connectivity index (χ2v) is 24.0. The standard InChI is InChI=1S/C61H60P2/c1-5-38-60(3)40-36-50-47(42(60)2)28-30-53-48(50)32-34-56(62(43-19-10-6-11-20-43)44-21-12-7-13-22-44)58(53)59-54-31-29-52-51(37-41-61(4)39-18-27-55(52)61)49(54)33-35-57(59)63(45-23-14-8-15-24-45)46-25-16-9-17-26-46/h6-17,19-26,28-35,42,55H,5,18,27,36-41H2,1-4H3/t42-,55-,60-,61-/m0/s1. The summed E-state index contributed by atoms with van der Waals surface area (Å²) in [5.74, 6) is 1.17. The first-order chi connectivity index (χ1) is 30.9. The molecular weight excluding hydrogens is 795 g/mol. The fourth-order valence-electron chi connectivity index (χ4n) is 12.7. The number of rotatable bonds is 9. The van der Waals surface area contributed by atoms with Gasteiger partial charge in [0.1, 0.15) is 0 Å². The van der Waals surface area contributed by atoms with Crippen LogP contribution in [-0.4, -0.2) is 0 Å². The van der Waals surface area contributed by atoms with Gasteiger partial charge in [0.15, 0.2) is 0 Å². The molecule has 0 amide bonds.